The zero-order valence-corrected chi connectivity index (χ0v) is 21.6. The summed E-state index contributed by atoms with van der Waals surface area (Å²) in [7, 11) is -8.38. The highest BCUT2D eigenvalue weighted by molar-refractivity contribution is 8.00. The Kier molecular flexibility index (Phi) is 9.83. The van der Waals surface area contributed by atoms with Gasteiger partial charge in [0.1, 0.15) is 5.94 Å². The van der Waals surface area contributed by atoms with Crippen LogP contribution in [0.2, 0.25) is 0 Å². The van der Waals surface area contributed by atoms with Crippen molar-refractivity contribution in [1.29, 1.82) is 0 Å². The number of hydrogen-bond donors (Lipinski definition) is 2. The molecule has 1 fully saturated rings. The van der Waals surface area contributed by atoms with Crippen molar-refractivity contribution < 1.29 is 51.7 Å². The van der Waals surface area contributed by atoms with Gasteiger partial charge in [-0.2, -0.15) is 0 Å². The van der Waals surface area contributed by atoms with Crippen molar-refractivity contribution in [2.24, 2.45) is 0 Å². The Bertz CT molecular complexity index is 931. The number of hydrogen-bond acceptors (Lipinski definition) is 10. The van der Waals surface area contributed by atoms with E-state index in [1.807, 2.05) is 0 Å². The van der Waals surface area contributed by atoms with Crippen LogP contribution in [-0.4, -0.2) is 85.9 Å². The molecule has 0 radical (unpaired) electrons. The van der Waals surface area contributed by atoms with Crippen molar-refractivity contribution in [2.75, 3.05) is 31.8 Å². The van der Waals surface area contributed by atoms with Crippen molar-refractivity contribution in [2.45, 2.75) is 44.5 Å². The van der Waals surface area contributed by atoms with Crippen LogP contribution in [0.5, 0.6) is 0 Å². The fourth-order valence-corrected chi connectivity index (χ4v) is 6.38. The molecule has 0 bridgehead atoms. The summed E-state index contributed by atoms with van der Waals surface area (Å²) in [6.07, 6.45) is 1.72. The second kappa shape index (κ2) is 11.6. The van der Waals surface area contributed by atoms with Gasteiger partial charge >= 0.3 is 15.4 Å². The molecule has 0 spiro atoms. The highest BCUT2D eigenvalue weighted by Crippen LogP contribution is 2.48. The Labute approximate surface area is 200 Å². The molecule has 0 aromatic carbocycles. The van der Waals surface area contributed by atoms with Crippen LogP contribution in [0.3, 0.4) is 0 Å². The maximum absolute atomic E-state index is 12.4. The van der Waals surface area contributed by atoms with Gasteiger partial charge < -0.3 is 14.3 Å². The van der Waals surface area contributed by atoms with Crippen LogP contribution in [0.15, 0.2) is 12.2 Å². The first-order chi connectivity index (χ1) is 15.6. The first-order valence-electron chi connectivity index (χ1n) is 10.2. The molecular formula is C18H28N2O11P2S. The Morgan fingerprint density at radius 1 is 1.03 bits per heavy atom. The number of amides is 4. The molecule has 13 nitrogen and oxygen atoms in total. The molecule has 192 valence electrons. The van der Waals surface area contributed by atoms with E-state index in [1.54, 1.807) is 20.8 Å². The first kappa shape index (κ1) is 28.9. The zero-order chi connectivity index (χ0) is 25.7. The number of carbonyl (C=O) groups is 4. The van der Waals surface area contributed by atoms with Crippen LogP contribution >= 0.6 is 27.2 Å². The fraction of sp³-hybridized carbons (Fsp3) is 0.667. The van der Waals surface area contributed by atoms with Gasteiger partial charge in [-0.15, -0.1) is 11.8 Å². The van der Waals surface area contributed by atoms with Crippen molar-refractivity contribution in [3.63, 3.8) is 0 Å². The fourth-order valence-electron chi connectivity index (χ4n) is 3.00. The van der Waals surface area contributed by atoms with Crippen LogP contribution in [0, 0.1) is 0 Å². The number of imide groups is 2. The van der Waals surface area contributed by atoms with E-state index in [0.29, 0.717) is 0 Å². The second-order valence-electron chi connectivity index (χ2n) is 8.37. The van der Waals surface area contributed by atoms with E-state index in [9.17, 15) is 38.1 Å². The summed E-state index contributed by atoms with van der Waals surface area (Å²) < 4.78 is 38.5. The average Bonchev–Trinajstić information content (AvgIpc) is 3.14. The van der Waals surface area contributed by atoms with Gasteiger partial charge in [0.2, 0.25) is 11.8 Å². The van der Waals surface area contributed by atoms with Crippen molar-refractivity contribution >= 4 is 50.8 Å². The highest BCUT2D eigenvalue weighted by atomic mass is 32.2. The maximum atomic E-state index is 12.4. The Morgan fingerprint density at radius 2 is 1.62 bits per heavy atom. The van der Waals surface area contributed by atoms with Gasteiger partial charge in [0.25, 0.3) is 11.8 Å². The standard InChI is InChI=1S/C18H28N2O11P2S/c1-18(2,3)31-32(25,26)10-4-9-29-33(27,28)30-12-34-13-11-16(23)20(17(13)24)8-7-19-14(21)5-6-15(19)22/h5-6,13H,4,7-12H2,1-3H3,(H,25,26)(H,27,28). The number of likely N-dealkylation sites (tertiary alicyclic amines) is 1. The van der Waals surface area contributed by atoms with Crippen LogP contribution in [0.1, 0.15) is 33.6 Å². The third-order valence-electron chi connectivity index (χ3n) is 4.39. The summed E-state index contributed by atoms with van der Waals surface area (Å²) in [5, 5.41) is -0.856. The van der Waals surface area contributed by atoms with Gasteiger partial charge in [-0.25, -0.2) is 4.57 Å². The Morgan fingerprint density at radius 3 is 2.21 bits per heavy atom. The van der Waals surface area contributed by atoms with Crippen molar-refractivity contribution in [1.82, 2.24) is 9.80 Å². The van der Waals surface area contributed by atoms with Gasteiger partial charge in [0.05, 0.1) is 23.6 Å². The molecule has 2 heterocycles. The van der Waals surface area contributed by atoms with Gasteiger partial charge in [-0.3, -0.25) is 42.6 Å². The average molecular weight is 542 g/mol. The molecule has 3 atom stereocenters. The molecule has 4 amide bonds. The van der Waals surface area contributed by atoms with E-state index >= 15 is 0 Å². The molecule has 2 aliphatic heterocycles. The van der Waals surface area contributed by atoms with Crippen molar-refractivity contribution in [3.05, 3.63) is 12.2 Å². The SMILES string of the molecule is CC(C)(C)OP(=O)(O)CCCOP(=O)(O)OCSC1CC(=O)N(CCN2C(=O)C=CC2=O)C1=O. The van der Waals surface area contributed by atoms with Crippen LogP contribution < -0.4 is 0 Å². The van der Waals surface area contributed by atoms with Gasteiger partial charge in [-0.05, 0) is 27.2 Å². The monoisotopic (exact) mass is 542 g/mol. The summed E-state index contributed by atoms with van der Waals surface area (Å²) in [6, 6.07) is 0. The molecule has 0 saturated carbocycles. The highest BCUT2D eigenvalue weighted by Gasteiger charge is 2.40. The Hall–Kier alpha value is -1.37. The zero-order valence-electron chi connectivity index (χ0n) is 18.9. The molecular weight excluding hydrogens is 514 g/mol. The number of carbonyl (C=O) groups excluding carboxylic acids is 4. The largest absolute Gasteiger partial charge is 0.472 e. The first-order valence-corrected chi connectivity index (χ1v) is 14.5. The summed E-state index contributed by atoms with van der Waals surface area (Å²) in [5.74, 6) is -2.53. The van der Waals surface area contributed by atoms with E-state index in [0.717, 1.165) is 33.7 Å². The minimum atomic E-state index is -4.49. The third-order valence-corrected chi connectivity index (χ3v) is 8.27. The predicted octanol–water partition coefficient (Wildman–Crippen LogP) is 1.25. The number of nitrogens with zero attached hydrogens (tertiary/aromatic N) is 2. The minimum absolute atomic E-state index is 0.0347. The lowest BCUT2D eigenvalue weighted by Crippen LogP contribution is -2.41. The summed E-state index contributed by atoms with van der Waals surface area (Å²) in [6.45, 7) is 4.24. The molecule has 16 heteroatoms. The normalized spacial score (nSPS) is 22.6. The van der Waals surface area contributed by atoms with Gasteiger partial charge in [0.15, 0.2) is 0 Å². The van der Waals surface area contributed by atoms with Gasteiger partial charge in [0, 0.05) is 31.7 Å². The molecule has 0 aromatic heterocycles. The lowest BCUT2D eigenvalue weighted by molar-refractivity contribution is -0.142. The van der Waals surface area contributed by atoms with Crippen molar-refractivity contribution in [3.8, 4) is 0 Å². The van der Waals surface area contributed by atoms with E-state index in [4.69, 9.17) is 13.6 Å². The lowest BCUT2D eigenvalue weighted by Gasteiger charge is -2.23. The van der Waals surface area contributed by atoms with E-state index in [1.165, 1.54) is 0 Å². The lowest BCUT2D eigenvalue weighted by atomic mass is 10.2. The molecule has 2 rings (SSSR count). The van der Waals surface area contributed by atoms with Gasteiger partial charge in [-0.1, -0.05) is 0 Å². The minimum Gasteiger partial charge on any atom is -0.324 e. The maximum Gasteiger partial charge on any atom is 0.472 e. The van der Waals surface area contributed by atoms with E-state index < -0.39 is 55.8 Å². The number of phosphoric ester groups is 1. The van der Waals surface area contributed by atoms with Crippen LogP contribution in [0.4, 0.5) is 0 Å². The number of rotatable bonds is 13. The predicted molar refractivity (Wildman–Crippen MR) is 120 cm³/mol. The molecule has 0 aromatic rings. The summed E-state index contributed by atoms with van der Waals surface area (Å²) >= 11 is 0.825. The third kappa shape index (κ3) is 9.01. The topological polar surface area (TPSA) is 177 Å². The second-order valence-corrected chi connectivity index (χ2v) is 12.9. The number of phosphoric acid groups is 1. The van der Waals surface area contributed by atoms with Crippen LogP contribution in [0.25, 0.3) is 0 Å². The molecule has 2 N–H and O–H groups in total. The smallest absolute Gasteiger partial charge is 0.324 e. The molecule has 2 aliphatic rings. The van der Waals surface area contributed by atoms with E-state index in [2.05, 4.69) is 0 Å². The van der Waals surface area contributed by atoms with E-state index in [-0.39, 0.29) is 38.7 Å². The summed E-state index contributed by atoms with van der Waals surface area (Å²) in [4.78, 5) is 69.0. The molecule has 34 heavy (non-hydrogen) atoms. The number of thioether (sulfide) groups is 1. The molecule has 3 unspecified atom stereocenters. The quantitative estimate of drug-likeness (QED) is 0.148. The Balaban J connectivity index is 1.70. The van der Waals surface area contributed by atoms with Crippen LogP contribution in [-0.2, 0) is 41.9 Å². The summed E-state index contributed by atoms with van der Waals surface area (Å²) in [5.41, 5.74) is -0.827. The molecule has 0 aliphatic carbocycles. The molecule has 1 saturated heterocycles.